The molecule has 26 heavy (non-hydrogen) atoms. The molecule has 0 aliphatic carbocycles. The van der Waals surface area contributed by atoms with Crippen molar-refractivity contribution in [1.82, 2.24) is 15.5 Å². The highest BCUT2D eigenvalue weighted by molar-refractivity contribution is 5.95. The number of hydrogen-bond acceptors (Lipinski definition) is 5. The number of hydrogen-bond donors (Lipinski definition) is 3. The number of rotatable bonds is 5. The SMILES string of the molecule is NCC(=O)N1CC(NC(=O)c2ccccc2)CC1C(=O)N[C@@H]1CCOC1. The molecule has 0 spiro atoms. The van der Waals surface area contributed by atoms with Crippen molar-refractivity contribution in [2.45, 2.75) is 31.0 Å². The third kappa shape index (κ3) is 4.20. The molecule has 140 valence electrons. The van der Waals surface area contributed by atoms with Gasteiger partial charge in [-0.05, 0) is 25.0 Å². The summed E-state index contributed by atoms with van der Waals surface area (Å²) in [5.41, 5.74) is 6.03. The van der Waals surface area contributed by atoms with Crippen LogP contribution in [0.4, 0.5) is 0 Å². The van der Waals surface area contributed by atoms with Crippen LogP contribution in [0.3, 0.4) is 0 Å². The van der Waals surface area contributed by atoms with E-state index in [9.17, 15) is 14.4 Å². The van der Waals surface area contributed by atoms with Crippen molar-refractivity contribution in [3.8, 4) is 0 Å². The number of nitrogens with zero attached hydrogens (tertiary/aromatic N) is 1. The highest BCUT2D eigenvalue weighted by Crippen LogP contribution is 2.19. The van der Waals surface area contributed by atoms with Gasteiger partial charge in [0.25, 0.3) is 5.91 Å². The largest absolute Gasteiger partial charge is 0.379 e. The molecule has 1 aromatic rings. The maximum absolute atomic E-state index is 12.6. The molecule has 8 heteroatoms. The molecule has 0 saturated carbocycles. The Morgan fingerprint density at radius 1 is 1.15 bits per heavy atom. The number of likely N-dealkylation sites (tertiary alicyclic amines) is 1. The Morgan fingerprint density at radius 2 is 1.92 bits per heavy atom. The number of carbonyl (C=O) groups excluding carboxylic acids is 3. The molecule has 4 N–H and O–H groups in total. The maximum Gasteiger partial charge on any atom is 0.251 e. The first kappa shape index (κ1) is 18.3. The molecule has 2 unspecified atom stereocenters. The lowest BCUT2D eigenvalue weighted by Crippen LogP contribution is -2.50. The van der Waals surface area contributed by atoms with Crippen LogP contribution < -0.4 is 16.4 Å². The van der Waals surface area contributed by atoms with E-state index in [4.69, 9.17) is 10.5 Å². The second kappa shape index (κ2) is 8.29. The molecule has 2 fully saturated rings. The first-order valence-corrected chi connectivity index (χ1v) is 8.82. The van der Waals surface area contributed by atoms with Gasteiger partial charge in [0, 0.05) is 24.8 Å². The summed E-state index contributed by atoms with van der Waals surface area (Å²) in [6.07, 6.45) is 1.13. The van der Waals surface area contributed by atoms with Crippen LogP contribution in [-0.2, 0) is 14.3 Å². The molecule has 2 aliphatic heterocycles. The second-order valence-corrected chi connectivity index (χ2v) is 6.61. The zero-order valence-corrected chi connectivity index (χ0v) is 14.5. The quantitative estimate of drug-likeness (QED) is 0.639. The van der Waals surface area contributed by atoms with E-state index < -0.39 is 6.04 Å². The van der Waals surface area contributed by atoms with Gasteiger partial charge in [-0.1, -0.05) is 18.2 Å². The van der Waals surface area contributed by atoms with Crippen molar-refractivity contribution in [3.05, 3.63) is 35.9 Å². The highest BCUT2D eigenvalue weighted by Gasteiger charge is 2.40. The van der Waals surface area contributed by atoms with Crippen LogP contribution in [0.1, 0.15) is 23.2 Å². The molecule has 3 atom stereocenters. The third-order valence-corrected chi connectivity index (χ3v) is 4.75. The van der Waals surface area contributed by atoms with E-state index >= 15 is 0 Å². The summed E-state index contributed by atoms with van der Waals surface area (Å²) in [4.78, 5) is 38.6. The number of nitrogens with two attached hydrogens (primary N) is 1. The molecule has 8 nitrogen and oxygen atoms in total. The van der Waals surface area contributed by atoms with E-state index in [1.54, 1.807) is 24.3 Å². The molecule has 0 bridgehead atoms. The van der Waals surface area contributed by atoms with Crippen molar-refractivity contribution in [2.24, 2.45) is 5.73 Å². The Kier molecular flexibility index (Phi) is 5.85. The van der Waals surface area contributed by atoms with Crippen LogP contribution in [0, 0.1) is 0 Å². The van der Waals surface area contributed by atoms with E-state index in [0.717, 1.165) is 6.42 Å². The summed E-state index contributed by atoms with van der Waals surface area (Å²) >= 11 is 0. The van der Waals surface area contributed by atoms with Crippen molar-refractivity contribution in [2.75, 3.05) is 26.3 Å². The minimum absolute atomic E-state index is 0.0321. The van der Waals surface area contributed by atoms with Gasteiger partial charge >= 0.3 is 0 Å². The summed E-state index contributed by atoms with van der Waals surface area (Å²) in [6, 6.07) is 7.88. The van der Waals surface area contributed by atoms with Gasteiger partial charge < -0.3 is 26.0 Å². The number of benzene rings is 1. The zero-order chi connectivity index (χ0) is 18.5. The average molecular weight is 360 g/mol. The van der Waals surface area contributed by atoms with Crippen molar-refractivity contribution in [3.63, 3.8) is 0 Å². The van der Waals surface area contributed by atoms with Crippen molar-refractivity contribution in [1.29, 1.82) is 0 Å². The van der Waals surface area contributed by atoms with Gasteiger partial charge in [-0.25, -0.2) is 0 Å². The normalized spacial score (nSPS) is 25.1. The summed E-state index contributed by atoms with van der Waals surface area (Å²) in [6.45, 7) is 1.21. The van der Waals surface area contributed by atoms with Gasteiger partial charge in [0.05, 0.1) is 19.2 Å². The summed E-state index contributed by atoms with van der Waals surface area (Å²) in [5.74, 6) is -0.746. The second-order valence-electron chi connectivity index (χ2n) is 6.61. The van der Waals surface area contributed by atoms with Gasteiger partial charge in [-0.15, -0.1) is 0 Å². The van der Waals surface area contributed by atoms with E-state index in [1.807, 2.05) is 6.07 Å². The van der Waals surface area contributed by atoms with Gasteiger partial charge in [-0.3, -0.25) is 14.4 Å². The predicted molar refractivity (Wildman–Crippen MR) is 94.2 cm³/mol. The van der Waals surface area contributed by atoms with Gasteiger partial charge in [-0.2, -0.15) is 0 Å². The van der Waals surface area contributed by atoms with Crippen molar-refractivity contribution >= 4 is 17.7 Å². The standard InChI is InChI=1S/C18H24N4O4/c19-9-16(23)22-10-14(21-17(24)12-4-2-1-3-5-12)8-15(22)18(25)20-13-6-7-26-11-13/h1-5,13-15H,6-11,19H2,(H,20,25)(H,21,24)/t13-,14?,15?/m1/s1. The van der Waals surface area contributed by atoms with Gasteiger partial charge in [0.15, 0.2) is 0 Å². The van der Waals surface area contributed by atoms with E-state index in [1.165, 1.54) is 4.90 Å². The first-order chi connectivity index (χ1) is 12.6. The van der Waals surface area contributed by atoms with E-state index in [0.29, 0.717) is 25.2 Å². The monoisotopic (exact) mass is 360 g/mol. The predicted octanol–water partition coefficient (Wildman–Crippen LogP) is -0.750. The molecule has 0 radical (unpaired) electrons. The van der Waals surface area contributed by atoms with E-state index in [-0.39, 0.29) is 42.9 Å². The number of carbonyl (C=O) groups is 3. The Labute approximate surface area is 152 Å². The van der Waals surface area contributed by atoms with Crippen molar-refractivity contribution < 1.29 is 19.1 Å². The minimum atomic E-state index is -0.632. The molecule has 3 amide bonds. The molecule has 2 saturated heterocycles. The molecule has 2 aliphatic rings. The summed E-state index contributed by atoms with van der Waals surface area (Å²) < 4.78 is 5.27. The van der Waals surface area contributed by atoms with Gasteiger partial charge in [0.2, 0.25) is 11.8 Å². The van der Waals surface area contributed by atoms with Gasteiger partial charge in [0.1, 0.15) is 6.04 Å². The Hall–Kier alpha value is -2.45. The molecular weight excluding hydrogens is 336 g/mol. The zero-order valence-electron chi connectivity index (χ0n) is 14.5. The minimum Gasteiger partial charge on any atom is -0.379 e. The lowest BCUT2D eigenvalue weighted by Gasteiger charge is -2.24. The summed E-state index contributed by atoms with van der Waals surface area (Å²) in [7, 11) is 0. The van der Waals surface area contributed by atoms with Crippen LogP contribution in [0.5, 0.6) is 0 Å². The Morgan fingerprint density at radius 3 is 2.58 bits per heavy atom. The molecular formula is C18H24N4O4. The number of ether oxygens (including phenoxy) is 1. The van der Waals surface area contributed by atoms with Crippen LogP contribution >= 0.6 is 0 Å². The number of nitrogens with one attached hydrogen (secondary N) is 2. The van der Waals surface area contributed by atoms with E-state index in [2.05, 4.69) is 10.6 Å². The van der Waals surface area contributed by atoms with Crippen LogP contribution in [0.15, 0.2) is 30.3 Å². The lowest BCUT2D eigenvalue weighted by molar-refractivity contribution is -0.137. The average Bonchev–Trinajstić information content (AvgIpc) is 3.31. The molecule has 1 aromatic carbocycles. The van der Waals surface area contributed by atoms with Crippen LogP contribution in [0.2, 0.25) is 0 Å². The fraction of sp³-hybridized carbons (Fsp3) is 0.500. The topological polar surface area (TPSA) is 114 Å². The Balaban J connectivity index is 1.65. The van der Waals surface area contributed by atoms with Crippen LogP contribution in [0.25, 0.3) is 0 Å². The molecule has 0 aromatic heterocycles. The number of amides is 3. The fourth-order valence-corrected chi connectivity index (χ4v) is 3.39. The molecule has 2 heterocycles. The lowest BCUT2D eigenvalue weighted by atomic mass is 10.1. The fourth-order valence-electron chi connectivity index (χ4n) is 3.39. The molecule has 3 rings (SSSR count). The van der Waals surface area contributed by atoms with Crippen LogP contribution in [-0.4, -0.2) is 67.1 Å². The first-order valence-electron chi connectivity index (χ1n) is 8.82. The smallest absolute Gasteiger partial charge is 0.251 e. The highest BCUT2D eigenvalue weighted by atomic mass is 16.5. The summed E-state index contributed by atoms with van der Waals surface area (Å²) in [5, 5.41) is 5.83. The maximum atomic E-state index is 12.6. The Bertz CT molecular complexity index is 660. The third-order valence-electron chi connectivity index (χ3n) is 4.75.